The van der Waals surface area contributed by atoms with E-state index in [0.717, 1.165) is 0 Å². The summed E-state index contributed by atoms with van der Waals surface area (Å²) >= 11 is 0. The van der Waals surface area contributed by atoms with Crippen LogP contribution < -0.4 is 10.1 Å². The number of alkyl halides is 3. The molecule has 0 aliphatic heterocycles. The molecule has 162 valence electrons. The van der Waals surface area contributed by atoms with Gasteiger partial charge in [0.2, 0.25) is 5.88 Å². The van der Waals surface area contributed by atoms with Crippen molar-refractivity contribution >= 4 is 11.7 Å². The molecule has 30 heavy (non-hydrogen) atoms. The Kier molecular flexibility index (Phi) is 7.17. The van der Waals surface area contributed by atoms with Crippen molar-refractivity contribution in [2.75, 3.05) is 6.61 Å². The molecule has 6 nitrogen and oxygen atoms in total. The normalized spacial score (nSPS) is 11.8. The second-order valence-corrected chi connectivity index (χ2v) is 7.93. The smallest absolute Gasteiger partial charge is 0.422 e. The second-order valence-electron chi connectivity index (χ2n) is 7.93. The number of halogens is 3. The van der Waals surface area contributed by atoms with Crippen LogP contribution in [0.5, 0.6) is 5.88 Å². The quantitative estimate of drug-likeness (QED) is 0.732. The summed E-state index contributed by atoms with van der Waals surface area (Å²) in [6.07, 6.45) is -2.97. The number of nitrogens with zero attached hydrogens (tertiary/aromatic N) is 2. The van der Waals surface area contributed by atoms with Gasteiger partial charge >= 0.3 is 6.18 Å². The number of amides is 1. The Morgan fingerprint density at radius 2 is 1.83 bits per heavy atom. The van der Waals surface area contributed by atoms with Crippen LogP contribution in [0.25, 0.3) is 0 Å². The van der Waals surface area contributed by atoms with Gasteiger partial charge in [0.15, 0.2) is 6.61 Å². The molecule has 0 atom stereocenters. The topological polar surface area (TPSA) is 81.2 Å². The van der Waals surface area contributed by atoms with Crippen LogP contribution in [0.3, 0.4) is 0 Å². The van der Waals surface area contributed by atoms with E-state index in [-0.39, 0.29) is 30.5 Å². The van der Waals surface area contributed by atoms with Crippen molar-refractivity contribution in [3.63, 3.8) is 0 Å². The van der Waals surface area contributed by atoms with Gasteiger partial charge in [-0.05, 0) is 24.6 Å². The molecule has 2 aromatic rings. The number of Topliss-reactive ketones (excluding diaryl/α,β-unsaturated/α-hetero) is 1. The lowest BCUT2D eigenvalue weighted by molar-refractivity contribution is -0.154. The summed E-state index contributed by atoms with van der Waals surface area (Å²) in [6.45, 7) is 5.93. The summed E-state index contributed by atoms with van der Waals surface area (Å²) < 4.78 is 41.0. The van der Waals surface area contributed by atoms with Crippen LogP contribution in [0.1, 0.15) is 48.1 Å². The number of ketones is 1. The summed E-state index contributed by atoms with van der Waals surface area (Å²) in [4.78, 5) is 32.9. The molecule has 0 aliphatic rings. The maximum Gasteiger partial charge on any atom is 0.422 e. The van der Waals surface area contributed by atoms with Gasteiger partial charge in [-0.1, -0.05) is 26.8 Å². The molecular formula is C21H24F3N3O3. The molecule has 1 N–H and O–H groups in total. The molecule has 0 spiro atoms. The highest BCUT2D eigenvalue weighted by Crippen LogP contribution is 2.19. The molecule has 2 aromatic heterocycles. The van der Waals surface area contributed by atoms with Crippen LogP contribution >= 0.6 is 0 Å². The van der Waals surface area contributed by atoms with E-state index >= 15 is 0 Å². The van der Waals surface area contributed by atoms with E-state index < -0.39 is 18.2 Å². The highest BCUT2D eigenvalue weighted by molar-refractivity contribution is 5.94. The summed E-state index contributed by atoms with van der Waals surface area (Å²) in [5.41, 5.74) is 1.60. The van der Waals surface area contributed by atoms with E-state index in [4.69, 9.17) is 0 Å². The number of nitrogens with one attached hydrogen (secondary N) is 1. The van der Waals surface area contributed by atoms with Gasteiger partial charge in [0, 0.05) is 47.6 Å². The summed E-state index contributed by atoms with van der Waals surface area (Å²) in [5, 5.41) is 2.72. The van der Waals surface area contributed by atoms with Gasteiger partial charge in [-0.3, -0.25) is 14.6 Å². The average molecular weight is 423 g/mol. The molecule has 9 heteroatoms. The SMILES string of the molecule is Cc1cc(C(=O)NCc2ccc(OCC(F)(F)F)nc2)cc(CC(=O)C(C)(C)C)n1. The molecule has 0 bridgehead atoms. The lowest BCUT2D eigenvalue weighted by Crippen LogP contribution is -2.25. The van der Waals surface area contributed by atoms with E-state index in [1.807, 2.05) is 20.8 Å². The van der Waals surface area contributed by atoms with E-state index in [2.05, 4.69) is 20.0 Å². The van der Waals surface area contributed by atoms with Crippen LogP contribution in [-0.2, 0) is 17.8 Å². The van der Waals surface area contributed by atoms with Gasteiger partial charge in [-0.25, -0.2) is 4.98 Å². The first-order valence-corrected chi connectivity index (χ1v) is 9.27. The first-order chi connectivity index (χ1) is 13.8. The minimum absolute atomic E-state index is 0.0193. The van der Waals surface area contributed by atoms with Crippen LogP contribution in [0.4, 0.5) is 13.2 Å². The average Bonchev–Trinajstić information content (AvgIpc) is 2.63. The molecule has 2 heterocycles. The molecule has 1 amide bonds. The zero-order valence-corrected chi connectivity index (χ0v) is 17.3. The monoisotopic (exact) mass is 423 g/mol. The Bertz CT molecular complexity index is 904. The zero-order valence-electron chi connectivity index (χ0n) is 17.3. The first-order valence-electron chi connectivity index (χ1n) is 9.27. The minimum Gasteiger partial charge on any atom is -0.468 e. The second kappa shape index (κ2) is 9.23. The third-order valence-electron chi connectivity index (χ3n) is 4.08. The van der Waals surface area contributed by atoms with Crippen LogP contribution in [0, 0.1) is 12.3 Å². The Morgan fingerprint density at radius 3 is 2.40 bits per heavy atom. The molecule has 0 fully saturated rings. The molecule has 0 aliphatic carbocycles. The molecule has 2 rings (SSSR count). The van der Waals surface area contributed by atoms with Crippen molar-refractivity contribution in [1.82, 2.24) is 15.3 Å². The third-order valence-corrected chi connectivity index (χ3v) is 4.08. The number of ether oxygens (including phenoxy) is 1. The standard InChI is InChI=1S/C21H24F3N3O3/c1-13-7-15(8-16(27-13)9-17(28)20(2,3)4)19(29)26-11-14-5-6-18(25-10-14)30-12-21(22,23)24/h5-8,10H,9,11-12H2,1-4H3,(H,26,29). The molecule has 0 aromatic carbocycles. The van der Waals surface area contributed by atoms with Gasteiger partial charge in [0.05, 0.1) is 0 Å². The van der Waals surface area contributed by atoms with Crippen molar-refractivity contribution in [2.24, 2.45) is 5.41 Å². The summed E-state index contributed by atoms with van der Waals surface area (Å²) in [5.74, 6) is -0.492. The van der Waals surface area contributed by atoms with Crippen molar-refractivity contribution in [2.45, 2.75) is 46.8 Å². The maximum atomic E-state index is 12.5. The van der Waals surface area contributed by atoms with Crippen LogP contribution in [0.15, 0.2) is 30.5 Å². The largest absolute Gasteiger partial charge is 0.468 e. The Morgan fingerprint density at radius 1 is 1.13 bits per heavy atom. The Labute approximate surface area is 172 Å². The van der Waals surface area contributed by atoms with Crippen molar-refractivity contribution in [1.29, 1.82) is 0 Å². The molecule has 0 radical (unpaired) electrons. The number of hydrogen-bond acceptors (Lipinski definition) is 5. The van der Waals surface area contributed by atoms with E-state index in [9.17, 15) is 22.8 Å². The van der Waals surface area contributed by atoms with E-state index in [0.29, 0.717) is 22.5 Å². The lowest BCUT2D eigenvalue weighted by Gasteiger charge is -2.16. The van der Waals surface area contributed by atoms with E-state index in [1.54, 1.807) is 19.1 Å². The number of hydrogen-bond donors (Lipinski definition) is 1. The number of carbonyl (C=O) groups excluding carboxylic acids is 2. The van der Waals surface area contributed by atoms with Crippen LogP contribution in [0.2, 0.25) is 0 Å². The number of aryl methyl sites for hydroxylation is 1. The summed E-state index contributed by atoms with van der Waals surface area (Å²) in [6, 6.07) is 6.02. The zero-order chi connectivity index (χ0) is 22.5. The third kappa shape index (κ3) is 7.46. The minimum atomic E-state index is -4.44. The summed E-state index contributed by atoms with van der Waals surface area (Å²) in [7, 11) is 0. The fourth-order valence-corrected chi connectivity index (χ4v) is 2.43. The van der Waals surface area contributed by atoms with Gasteiger partial charge in [-0.2, -0.15) is 13.2 Å². The van der Waals surface area contributed by atoms with Crippen molar-refractivity contribution < 1.29 is 27.5 Å². The molecule has 0 saturated heterocycles. The number of carbonyl (C=O) groups is 2. The van der Waals surface area contributed by atoms with Gasteiger partial charge in [0.1, 0.15) is 5.78 Å². The fraction of sp³-hybridized carbons (Fsp3) is 0.429. The van der Waals surface area contributed by atoms with Gasteiger partial charge < -0.3 is 10.1 Å². The first kappa shape index (κ1) is 23.3. The number of pyridine rings is 2. The maximum absolute atomic E-state index is 12.5. The van der Waals surface area contributed by atoms with Crippen molar-refractivity contribution in [3.8, 4) is 5.88 Å². The number of aromatic nitrogens is 2. The molecule has 0 saturated carbocycles. The van der Waals surface area contributed by atoms with Crippen molar-refractivity contribution in [3.05, 3.63) is 53.0 Å². The number of rotatable bonds is 7. The predicted octanol–water partition coefficient (Wildman–Crippen LogP) is 3.81. The predicted molar refractivity (Wildman–Crippen MR) is 104 cm³/mol. The Hall–Kier alpha value is -2.97. The fourth-order valence-electron chi connectivity index (χ4n) is 2.43. The van der Waals surface area contributed by atoms with Gasteiger partial charge in [-0.15, -0.1) is 0 Å². The Balaban J connectivity index is 1.98. The molecular weight excluding hydrogens is 399 g/mol. The molecule has 0 unspecified atom stereocenters. The highest BCUT2D eigenvalue weighted by atomic mass is 19.4. The lowest BCUT2D eigenvalue weighted by atomic mass is 9.88. The highest BCUT2D eigenvalue weighted by Gasteiger charge is 2.28. The van der Waals surface area contributed by atoms with E-state index in [1.165, 1.54) is 18.3 Å². The van der Waals surface area contributed by atoms with Crippen LogP contribution in [-0.4, -0.2) is 34.4 Å². The van der Waals surface area contributed by atoms with Gasteiger partial charge in [0.25, 0.3) is 5.91 Å².